The van der Waals surface area contributed by atoms with Gasteiger partial charge in [-0.15, -0.1) is 0 Å². The van der Waals surface area contributed by atoms with Crippen LogP contribution in [-0.4, -0.2) is 56.3 Å². The summed E-state index contributed by atoms with van der Waals surface area (Å²) in [5.41, 5.74) is 1.18. The van der Waals surface area contributed by atoms with E-state index in [4.69, 9.17) is 14.5 Å². The molecule has 2 atom stereocenters. The molecule has 0 bridgehead atoms. The molecular weight excluding hydrogens is 378 g/mol. The van der Waals surface area contributed by atoms with Gasteiger partial charge in [-0.3, -0.25) is 0 Å². The van der Waals surface area contributed by atoms with Crippen molar-refractivity contribution in [2.75, 3.05) is 49.2 Å². The Bertz CT molecular complexity index is 849. The summed E-state index contributed by atoms with van der Waals surface area (Å²) in [7, 11) is 0. The summed E-state index contributed by atoms with van der Waals surface area (Å²) in [4.78, 5) is 20.8. The molecule has 1 aromatic heterocycles. The monoisotopic (exact) mass is 409 g/mol. The van der Waals surface area contributed by atoms with Crippen molar-refractivity contribution in [3.8, 4) is 5.75 Å². The molecule has 0 radical (unpaired) electrons. The summed E-state index contributed by atoms with van der Waals surface area (Å²) >= 11 is 0. The van der Waals surface area contributed by atoms with Gasteiger partial charge in [-0.05, 0) is 42.7 Å². The van der Waals surface area contributed by atoms with Crippen molar-refractivity contribution in [3.63, 3.8) is 0 Å². The predicted molar refractivity (Wildman–Crippen MR) is 119 cm³/mol. The Hall–Kier alpha value is -2.60. The van der Waals surface area contributed by atoms with Crippen LogP contribution in [0.4, 0.5) is 11.6 Å². The van der Waals surface area contributed by atoms with Gasteiger partial charge in [-0.2, -0.15) is 0 Å². The lowest BCUT2D eigenvalue weighted by Gasteiger charge is -2.28. The Labute approximate surface area is 178 Å². The van der Waals surface area contributed by atoms with E-state index in [9.17, 15) is 4.79 Å². The van der Waals surface area contributed by atoms with Crippen LogP contribution in [0.2, 0.25) is 0 Å². The molecule has 0 saturated carbocycles. The van der Waals surface area contributed by atoms with Gasteiger partial charge in [0.2, 0.25) is 0 Å². The van der Waals surface area contributed by atoms with Gasteiger partial charge >= 0.3 is 0 Å². The molecule has 2 aliphatic rings. The van der Waals surface area contributed by atoms with E-state index in [2.05, 4.69) is 47.1 Å². The van der Waals surface area contributed by atoms with E-state index in [0.717, 1.165) is 63.2 Å². The lowest BCUT2D eigenvalue weighted by molar-refractivity contribution is -0.117. The molecule has 6 nitrogen and oxygen atoms in total. The fraction of sp³-hybridized carbons (Fsp3) is 0.500. The van der Waals surface area contributed by atoms with Crippen LogP contribution in [0.5, 0.6) is 5.75 Å². The third-order valence-electron chi connectivity index (χ3n) is 5.87. The van der Waals surface area contributed by atoms with E-state index in [1.165, 1.54) is 5.56 Å². The van der Waals surface area contributed by atoms with Gasteiger partial charge in [0.15, 0.2) is 0 Å². The van der Waals surface area contributed by atoms with Crippen LogP contribution in [0.25, 0.3) is 0 Å². The molecule has 2 aliphatic heterocycles. The third kappa shape index (κ3) is 5.11. The highest BCUT2D eigenvalue weighted by Crippen LogP contribution is 2.26. The summed E-state index contributed by atoms with van der Waals surface area (Å²) in [5, 5.41) is 0. The van der Waals surface area contributed by atoms with Crippen LogP contribution in [0, 0.1) is 0 Å². The average molecular weight is 410 g/mol. The van der Waals surface area contributed by atoms with Gasteiger partial charge in [0.1, 0.15) is 29.3 Å². The normalized spacial score (nSPS) is 20.3. The molecule has 30 heavy (non-hydrogen) atoms. The Kier molecular flexibility index (Phi) is 6.53. The lowest BCUT2D eigenvalue weighted by atomic mass is 9.96. The largest absolute Gasteiger partial charge is 0.489 e. The van der Waals surface area contributed by atoms with Crippen LogP contribution < -0.4 is 14.5 Å². The summed E-state index contributed by atoms with van der Waals surface area (Å²) in [5.74, 6) is 3.38. The molecule has 2 fully saturated rings. The first-order chi connectivity index (χ1) is 14.6. The molecule has 2 aromatic rings. The second-order valence-corrected chi connectivity index (χ2v) is 8.30. The summed E-state index contributed by atoms with van der Waals surface area (Å²) < 4.78 is 11.7. The number of ketones is 1. The second-order valence-electron chi connectivity index (χ2n) is 8.30. The Morgan fingerprint density at radius 1 is 1.10 bits per heavy atom. The number of hydrogen-bond donors (Lipinski definition) is 0. The van der Waals surface area contributed by atoms with E-state index in [1.54, 1.807) is 6.92 Å². The summed E-state index contributed by atoms with van der Waals surface area (Å²) in [6, 6.07) is 14.4. The minimum Gasteiger partial charge on any atom is -0.489 e. The van der Waals surface area contributed by atoms with Crippen LogP contribution in [-0.2, 0) is 9.53 Å². The standard InChI is InChI=1S/C24H31N3O3/c1-18(16-19(2)28)20-6-8-21(9-7-20)30-22-10-11-27(17-22)24-5-3-4-23(25-24)26-12-14-29-15-13-26/h3-9,18,22H,10-17H2,1-2H3/t18-,22-/m1/s1. The van der Waals surface area contributed by atoms with Gasteiger partial charge in [-0.1, -0.05) is 25.1 Å². The van der Waals surface area contributed by atoms with E-state index >= 15 is 0 Å². The number of nitrogens with zero attached hydrogens (tertiary/aromatic N) is 3. The van der Waals surface area contributed by atoms with Crippen molar-refractivity contribution >= 4 is 17.4 Å². The Morgan fingerprint density at radius 3 is 2.50 bits per heavy atom. The zero-order valence-corrected chi connectivity index (χ0v) is 17.9. The third-order valence-corrected chi connectivity index (χ3v) is 5.87. The van der Waals surface area contributed by atoms with E-state index in [-0.39, 0.29) is 17.8 Å². The molecule has 4 rings (SSSR count). The van der Waals surface area contributed by atoms with Gasteiger partial charge in [0.25, 0.3) is 0 Å². The smallest absolute Gasteiger partial charge is 0.131 e. The molecule has 1 aromatic carbocycles. The number of anilines is 2. The minimum absolute atomic E-state index is 0.152. The topological polar surface area (TPSA) is 54.9 Å². The number of hydrogen-bond acceptors (Lipinski definition) is 6. The minimum atomic E-state index is 0.152. The van der Waals surface area contributed by atoms with E-state index < -0.39 is 0 Å². The maximum Gasteiger partial charge on any atom is 0.131 e. The first kappa shape index (κ1) is 20.7. The number of rotatable bonds is 7. The van der Waals surface area contributed by atoms with Gasteiger partial charge in [0.05, 0.1) is 19.8 Å². The molecule has 0 aliphatic carbocycles. The number of aromatic nitrogens is 1. The maximum absolute atomic E-state index is 11.3. The van der Waals surface area contributed by atoms with Crippen LogP contribution in [0.3, 0.4) is 0 Å². The molecular formula is C24H31N3O3. The number of Topliss-reactive ketones (excluding diaryl/α,β-unsaturated/α-hetero) is 1. The number of carbonyl (C=O) groups excluding carboxylic acids is 1. The van der Waals surface area contributed by atoms with Crippen LogP contribution in [0.1, 0.15) is 38.2 Å². The number of carbonyl (C=O) groups is 1. The summed E-state index contributed by atoms with van der Waals surface area (Å²) in [6.45, 7) is 8.82. The summed E-state index contributed by atoms with van der Waals surface area (Å²) in [6.07, 6.45) is 1.71. The second kappa shape index (κ2) is 9.47. The number of ether oxygens (including phenoxy) is 2. The van der Waals surface area contributed by atoms with Crippen molar-refractivity contribution in [3.05, 3.63) is 48.0 Å². The Morgan fingerprint density at radius 2 is 1.80 bits per heavy atom. The molecule has 2 saturated heterocycles. The zero-order valence-electron chi connectivity index (χ0n) is 17.9. The highest BCUT2D eigenvalue weighted by Gasteiger charge is 2.25. The highest BCUT2D eigenvalue weighted by atomic mass is 16.5. The number of benzene rings is 1. The molecule has 0 amide bonds. The van der Waals surface area contributed by atoms with Crippen LogP contribution >= 0.6 is 0 Å². The van der Waals surface area contributed by atoms with Crippen molar-refractivity contribution in [2.45, 2.75) is 38.7 Å². The number of pyridine rings is 1. The van der Waals surface area contributed by atoms with Gasteiger partial charge < -0.3 is 24.1 Å². The van der Waals surface area contributed by atoms with Crippen LogP contribution in [0.15, 0.2) is 42.5 Å². The van der Waals surface area contributed by atoms with Gasteiger partial charge in [0, 0.05) is 32.5 Å². The fourth-order valence-electron chi connectivity index (χ4n) is 4.21. The fourth-order valence-corrected chi connectivity index (χ4v) is 4.21. The predicted octanol–water partition coefficient (Wildman–Crippen LogP) is 3.66. The molecule has 6 heteroatoms. The highest BCUT2D eigenvalue weighted by molar-refractivity contribution is 5.76. The van der Waals surface area contributed by atoms with E-state index in [1.807, 2.05) is 12.1 Å². The molecule has 0 N–H and O–H groups in total. The SMILES string of the molecule is CC(=O)C[C@@H](C)c1ccc(O[C@@H]2CCN(c3cccc(N4CCOCC4)n3)C2)cc1. The van der Waals surface area contributed by atoms with Crippen molar-refractivity contribution in [1.29, 1.82) is 0 Å². The Balaban J connectivity index is 1.34. The molecule has 160 valence electrons. The van der Waals surface area contributed by atoms with Gasteiger partial charge in [-0.25, -0.2) is 4.98 Å². The molecule has 0 spiro atoms. The average Bonchev–Trinajstić information content (AvgIpc) is 3.23. The van der Waals surface area contributed by atoms with Crippen molar-refractivity contribution in [2.24, 2.45) is 0 Å². The first-order valence-corrected chi connectivity index (χ1v) is 10.9. The first-order valence-electron chi connectivity index (χ1n) is 10.9. The lowest BCUT2D eigenvalue weighted by Crippen LogP contribution is -2.37. The zero-order chi connectivity index (χ0) is 20.9. The molecule has 3 heterocycles. The molecule has 0 unspecified atom stereocenters. The van der Waals surface area contributed by atoms with Crippen molar-refractivity contribution in [1.82, 2.24) is 4.98 Å². The number of morpholine rings is 1. The maximum atomic E-state index is 11.3. The van der Waals surface area contributed by atoms with Crippen molar-refractivity contribution < 1.29 is 14.3 Å². The van der Waals surface area contributed by atoms with E-state index in [0.29, 0.717) is 6.42 Å². The quantitative estimate of drug-likeness (QED) is 0.696.